The Morgan fingerprint density at radius 2 is 2.50 bits per heavy atom. The van der Waals surface area contributed by atoms with E-state index in [0.29, 0.717) is 25.9 Å². The van der Waals surface area contributed by atoms with Crippen molar-refractivity contribution in [3.63, 3.8) is 0 Å². The number of piperidine rings is 1. The summed E-state index contributed by atoms with van der Waals surface area (Å²) in [4.78, 5) is 14.0. The van der Waals surface area contributed by atoms with Gasteiger partial charge in [0.25, 0.3) is 0 Å². The second kappa shape index (κ2) is 6.00. The lowest BCUT2D eigenvalue weighted by Crippen LogP contribution is -2.44. The normalized spacial score (nSPS) is 22.4. The maximum Gasteiger partial charge on any atom is 0.227 e. The highest BCUT2D eigenvalue weighted by Gasteiger charge is 2.27. The van der Waals surface area contributed by atoms with Gasteiger partial charge in [-0.25, -0.2) is 0 Å². The van der Waals surface area contributed by atoms with Crippen molar-refractivity contribution in [2.24, 2.45) is 11.1 Å². The minimum atomic E-state index is 0.170. The molecule has 1 saturated heterocycles. The average molecular weight is 266 g/mol. The third-order valence-electron chi connectivity index (χ3n) is 3.46. The van der Waals surface area contributed by atoms with Crippen LogP contribution in [0.1, 0.15) is 25.3 Å². The Morgan fingerprint density at radius 1 is 1.67 bits per heavy atom. The summed E-state index contributed by atoms with van der Waals surface area (Å²) >= 11 is 1.61. The third kappa shape index (κ3) is 2.90. The summed E-state index contributed by atoms with van der Waals surface area (Å²) in [6.45, 7) is 3.40. The Hall–Kier alpha value is -1.36. The number of thiophene rings is 1. The van der Waals surface area contributed by atoms with E-state index in [4.69, 9.17) is 5.21 Å². The Kier molecular flexibility index (Phi) is 4.36. The fraction of sp³-hybridized carbons (Fsp3) is 0.538. The number of oxime groups is 1. The summed E-state index contributed by atoms with van der Waals surface area (Å²) in [7, 11) is 0. The van der Waals surface area contributed by atoms with Gasteiger partial charge in [0.15, 0.2) is 0 Å². The molecule has 1 unspecified atom stereocenters. The van der Waals surface area contributed by atoms with Gasteiger partial charge in [0.1, 0.15) is 0 Å². The molecule has 1 aromatic rings. The SMILES string of the molecule is CCC1CN(C(=O)Cc2ccsc2)CC/C1=N\O. The minimum Gasteiger partial charge on any atom is -0.411 e. The zero-order valence-corrected chi connectivity index (χ0v) is 11.3. The smallest absolute Gasteiger partial charge is 0.227 e. The van der Waals surface area contributed by atoms with Crippen LogP contribution in [0.2, 0.25) is 0 Å². The van der Waals surface area contributed by atoms with Crippen LogP contribution in [0.5, 0.6) is 0 Å². The fourth-order valence-electron chi connectivity index (χ4n) is 2.32. The molecule has 2 heterocycles. The number of likely N-dealkylation sites (tertiary alicyclic amines) is 1. The van der Waals surface area contributed by atoms with Crippen molar-refractivity contribution in [3.05, 3.63) is 22.4 Å². The maximum atomic E-state index is 12.2. The van der Waals surface area contributed by atoms with Crippen LogP contribution in [0.4, 0.5) is 0 Å². The lowest BCUT2D eigenvalue weighted by Gasteiger charge is -2.32. The highest BCUT2D eigenvalue weighted by molar-refractivity contribution is 7.07. The topological polar surface area (TPSA) is 52.9 Å². The molecule has 0 spiro atoms. The monoisotopic (exact) mass is 266 g/mol. The molecule has 0 aromatic carbocycles. The van der Waals surface area contributed by atoms with Gasteiger partial charge in [-0.2, -0.15) is 11.3 Å². The number of carbonyl (C=O) groups excluding carboxylic acids is 1. The van der Waals surface area contributed by atoms with Crippen molar-refractivity contribution in [2.75, 3.05) is 13.1 Å². The Bertz CT molecular complexity index is 428. The minimum absolute atomic E-state index is 0.170. The van der Waals surface area contributed by atoms with Crippen molar-refractivity contribution in [2.45, 2.75) is 26.2 Å². The summed E-state index contributed by atoms with van der Waals surface area (Å²) in [5.74, 6) is 0.374. The number of rotatable bonds is 3. The Balaban J connectivity index is 1.96. The van der Waals surface area contributed by atoms with Gasteiger partial charge in [0, 0.05) is 25.4 Å². The van der Waals surface area contributed by atoms with Gasteiger partial charge in [-0.1, -0.05) is 12.1 Å². The van der Waals surface area contributed by atoms with Gasteiger partial charge >= 0.3 is 0 Å². The van der Waals surface area contributed by atoms with E-state index in [1.165, 1.54) is 0 Å². The standard InChI is InChI=1S/C13H18N2O2S/c1-2-11-8-15(5-3-12(11)14-17)13(16)7-10-4-6-18-9-10/h4,6,9,11,17H,2-3,5,7-8H2,1H3/b14-12+. The van der Waals surface area contributed by atoms with Crippen LogP contribution in [0, 0.1) is 5.92 Å². The van der Waals surface area contributed by atoms with E-state index in [1.54, 1.807) is 11.3 Å². The lowest BCUT2D eigenvalue weighted by molar-refractivity contribution is -0.131. The molecule has 1 atom stereocenters. The first-order valence-corrected chi connectivity index (χ1v) is 7.18. The summed E-state index contributed by atoms with van der Waals surface area (Å²) < 4.78 is 0. The van der Waals surface area contributed by atoms with Gasteiger partial charge in [0.2, 0.25) is 5.91 Å². The van der Waals surface area contributed by atoms with E-state index in [-0.39, 0.29) is 11.8 Å². The molecule has 5 heteroatoms. The van der Waals surface area contributed by atoms with Crippen LogP contribution in [0.3, 0.4) is 0 Å². The molecule has 18 heavy (non-hydrogen) atoms. The van der Waals surface area contributed by atoms with Crippen LogP contribution in [0.15, 0.2) is 22.0 Å². The molecule has 0 aliphatic carbocycles. The average Bonchev–Trinajstić information content (AvgIpc) is 2.90. The molecule has 1 N–H and O–H groups in total. The zero-order valence-electron chi connectivity index (χ0n) is 10.5. The Morgan fingerprint density at radius 3 is 3.11 bits per heavy atom. The molecule has 2 rings (SSSR count). The molecule has 1 amide bonds. The van der Waals surface area contributed by atoms with E-state index >= 15 is 0 Å². The van der Waals surface area contributed by atoms with Gasteiger partial charge in [0.05, 0.1) is 12.1 Å². The molecule has 1 aliphatic heterocycles. The van der Waals surface area contributed by atoms with Crippen molar-refractivity contribution in [1.82, 2.24) is 4.90 Å². The van der Waals surface area contributed by atoms with Gasteiger partial charge in [-0.15, -0.1) is 0 Å². The maximum absolute atomic E-state index is 12.2. The van der Waals surface area contributed by atoms with E-state index in [0.717, 1.165) is 17.7 Å². The zero-order chi connectivity index (χ0) is 13.0. The van der Waals surface area contributed by atoms with Crippen LogP contribution < -0.4 is 0 Å². The highest BCUT2D eigenvalue weighted by atomic mass is 32.1. The second-order valence-corrected chi connectivity index (χ2v) is 5.37. The van der Waals surface area contributed by atoms with Crippen molar-refractivity contribution in [3.8, 4) is 0 Å². The second-order valence-electron chi connectivity index (χ2n) is 4.59. The molecule has 4 nitrogen and oxygen atoms in total. The number of hydrogen-bond donors (Lipinski definition) is 1. The van der Waals surface area contributed by atoms with Gasteiger partial charge in [-0.3, -0.25) is 4.79 Å². The summed E-state index contributed by atoms with van der Waals surface area (Å²) in [6.07, 6.45) is 2.07. The first kappa shape index (κ1) is 13.1. The van der Waals surface area contributed by atoms with Gasteiger partial charge in [-0.05, 0) is 28.8 Å². The summed E-state index contributed by atoms with van der Waals surface area (Å²) in [5, 5.41) is 16.3. The molecule has 0 bridgehead atoms. The molecular weight excluding hydrogens is 248 g/mol. The van der Waals surface area contributed by atoms with Gasteiger partial charge < -0.3 is 10.1 Å². The number of amides is 1. The number of carbonyl (C=O) groups is 1. The third-order valence-corrected chi connectivity index (χ3v) is 4.19. The Labute approximate surface area is 111 Å². The molecule has 1 fully saturated rings. The first-order valence-electron chi connectivity index (χ1n) is 6.24. The molecule has 98 valence electrons. The van der Waals surface area contributed by atoms with Crippen LogP contribution >= 0.6 is 11.3 Å². The van der Waals surface area contributed by atoms with Crippen LogP contribution in [-0.2, 0) is 11.2 Å². The van der Waals surface area contributed by atoms with Crippen molar-refractivity contribution >= 4 is 23.0 Å². The molecule has 1 aromatic heterocycles. The molecule has 1 aliphatic rings. The van der Waals surface area contributed by atoms with Crippen LogP contribution in [0.25, 0.3) is 0 Å². The lowest BCUT2D eigenvalue weighted by atomic mass is 9.93. The highest BCUT2D eigenvalue weighted by Crippen LogP contribution is 2.18. The summed E-state index contributed by atoms with van der Waals surface area (Å²) in [5.41, 5.74) is 1.91. The quantitative estimate of drug-likeness (QED) is 0.674. The molecule has 0 saturated carbocycles. The number of nitrogens with zero attached hydrogens (tertiary/aromatic N) is 2. The first-order chi connectivity index (χ1) is 8.74. The van der Waals surface area contributed by atoms with Crippen LogP contribution in [-0.4, -0.2) is 34.8 Å². The largest absolute Gasteiger partial charge is 0.411 e. The van der Waals surface area contributed by atoms with E-state index in [1.807, 2.05) is 21.7 Å². The predicted molar refractivity (Wildman–Crippen MR) is 72.2 cm³/mol. The molecular formula is C13H18N2O2S. The fourth-order valence-corrected chi connectivity index (χ4v) is 2.99. The van der Waals surface area contributed by atoms with E-state index in [2.05, 4.69) is 12.1 Å². The van der Waals surface area contributed by atoms with Crippen molar-refractivity contribution < 1.29 is 10.0 Å². The van der Waals surface area contributed by atoms with E-state index in [9.17, 15) is 4.79 Å². The summed E-state index contributed by atoms with van der Waals surface area (Å²) in [6, 6.07) is 1.99. The predicted octanol–water partition coefficient (Wildman–Crippen LogP) is 2.38. The molecule has 0 radical (unpaired) electrons. The van der Waals surface area contributed by atoms with E-state index < -0.39 is 0 Å². The number of hydrogen-bond acceptors (Lipinski definition) is 4. The van der Waals surface area contributed by atoms with Crippen molar-refractivity contribution in [1.29, 1.82) is 0 Å².